The van der Waals surface area contributed by atoms with Crippen LogP contribution in [0.25, 0.3) is 11.8 Å². The van der Waals surface area contributed by atoms with Crippen molar-refractivity contribution in [2.75, 3.05) is 25.6 Å². The summed E-state index contributed by atoms with van der Waals surface area (Å²) >= 11 is 0. The third-order valence-electron chi connectivity index (χ3n) is 7.40. The van der Waals surface area contributed by atoms with Crippen LogP contribution in [0.5, 0.6) is 5.75 Å². The Morgan fingerprint density at radius 2 is 1.76 bits per heavy atom. The first-order chi connectivity index (χ1) is 25.6. The molecule has 1 aromatic heterocycles. The number of urea groups is 1. The van der Waals surface area contributed by atoms with Gasteiger partial charge in [0.05, 0.1) is 18.2 Å². The number of allylic oxidation sites excluding steroid dienone is 11. The standard InChI is InChI=1S/C28H35F3N6O3.C6H10.C4H6.C2H4O2/c1-6-8-18-37-24(19(3)27(4,39-5)32-7-2)35-36-25(37)20-12-11-13-21(17-16-20)33-26(38)34-22-14-9-10-15-23(22)40-28(29,30)31;1-4-6(3)5-2;1-3-4-2;3-1-2-4/h8-11,13-19,32H,6-7,12H2,1-5H3,(H2,33,34,38);4-5H,1H2,2-3H3;3-4H,1-2H2;1,4H,2H2/b18-8-;6-5-;;. The highest BCUT2D eigenvalue weighted by Crippen LogP contribution is 2.32. The van der Waals surface area contributed by atoms with Gasteiger partial charge in [-0.1, -0.05) is 101 Å². The number of benzene rings is 1. The molecule has 2 amide bonds. The Labute approximate surface area is 317 Å². The van der Waals surface area contributed by atoms with Crippen LogP contribution >= 0.6 is 0 Å². The number of hydrogen-bond donors (Lipinski definition) is 4. The Morgan fingerprint density at radius 3 is 2.26 bits per heavy atom. The molecule has 1 heterocycles. The fraction of sp³-hybridized carbons (Fsp3) is 0.350. The number of amides is 2. The molecule has 296 valence electrons. The van der Waals surface area contributed by atoms with Gasteiger partial charge < -0.3 is 30.0 Å². The van der Waals surface area contributed by atoms with Crippen LogP contribution < -0.4 is 20.7 Å². The number of aromatic nitrogens is 3. The molecule has 0 fully saturated rings. The first kappa shape index (κ1) is 48.7. The zero-order valence-corrected chi connectivity index (χ0v) is 32.2. The van der Waals surface area contributed by atoms with Gasteiger partial charge in [0, 0.05) is 24.6 Å². The van der Waals surface area contributed by atoms with Crippen molar-refractivity contribution in [2.24, 2.45) is 0 Å². The molecule has 0 radical (unpaired) electrons. The highest BCUT2D eigenvalue weighted by Gasteiger charge is 2.35. The first-order valence-electron chi connectivity index (χ1n) is 17.1. The summed E-state index contributed by atoms with van der Waals surface area (Å²) in [6, 6.07) is 4.58. The van der Waals surface area contributed by atoms with E-state index in [0.717, 1.165) is 23.9 Å². The van der Waals surface area contributed by atoms with E-state index in [0.29, 0.717) is 30.8 Å². The van der Waals surface area contributed by atoms with E-state index in [1.54, 1.807) is 31.4 Å². The normalized spacial score (nSPS) is 14.0. The molecule has 2 unspecified atom stereocenters. The lowest BCUT2D eigenvalue weighted by molar-refractivity contribution is -0.274. The molecule has 0 saturated heterocycles. The number of likely N-dealkylation sites (N-methyl/N-ethyl adjacent to an activating group) is 1. The predicted octanol–water partition coefficient (Wildman–Crippen LogP) is 8.86. The van der Waals surface area contributed by atoms with E-state index in [2.05, 4.69) is 50.6 Å². The van der Waals surface area contributed by atoms with Crippen LogP contribution in [0.1, 0.15) is 72.0 Å². The molecule has 4 N–H and O–H groups in total. The molecule has 3 rings (SSSR count). The number of aliphatic hydroxyl groups excluding tert-OH is 1. The van der Waals surface area contributed by atoms with Crippen molar-refractivity contribution in [3.63, 3.8) is 0 Å². The van der Waals surface area contributed by atoms with Crippen LogP contribution in [-0.2, 0) is 9.53 Å². The zero-order chi connectivity index (χ0) is 41.2. The Morgan fingerprint density at radius 1 is 1.11 bits per heavy atom. The average molecular weight is 757 g/mol. The van der Waals surface area contributed by atoms with Crippen molar-refractivity contribution < 1.29 is 37.3 Å². The number of carbonyl (C=O) groups excluding carboxylic acids is 2. The quantitative estimate of drug-likeness (QED) is 0.0852. The number of alkyl halides is 3. The van der Waals surface area contributed by atoms with Crippen LogP contribution in [-0.4, -0.2) is 64.5 Å². The maximum atomic E-state index is 12.7. The highest BCUT2D eigenvalue weighted by molar-refractivity contribution is 5.92. The van der Waals surface area contributed by atoms with Crippen molar-refractivity contribution in [1.29, 1.82) is 0 Å². The van der Waals surface area contributed by atoms with E-state index < -0.39 is 23.9 Å². The van der Waals surface area contributed by atoms with Gasteiger partial charge in [0.2, 0.25) is 0 Å². The number of nitrogens with one attached hydrogen (secondary N) is 3. The Balaban J connectivity index is 0.00000171. The summed E-state index contributed by atoms with van der Waals surface area (Å²) in [5.74, 6) is 0.704. The molecule has 0 aliphatic heterocycles. The van der Waals surface area contributed by atoms with Gasteiger partial charge in [-0.05, 0) is 64.4 Å². The summed E-state index contributed by atoms with van der Waals surface area (Å²) in [6.45, 7) is 22.7. The number of anilines is 1. The second kappa shape index (κ2) is 26.5. The summed E-state index contributed by atoms with van der Waals surface area (Å²) in [5, 5.41) is 24.9. The highest BCUT2D eigenvalue weighted by atomic mass is 19.4. The minimum atomic E-state index is -4.89. The van der Waals surface area contributed by atoms with Gasteiger partial charge in [0.15, 0.2) is 11.6 Å². The van der Waals surface area contributed by atoms with Gasteiger partial charge in [0.1, 0.15) is 17.8 Å². The van der Waals surface area contributed by atoms with Gasteiger partial charge in [0.25, 0.3) is 0 Å². The predicted molar refractivity (Wildman–Crippen MR) is 211 cm³/mol. The molecule has 2 aromatic rings. The number of hydrogen-bond acceptors (Lipinski definition) is 8. The molecule has 54 heavy (non-hydrogen) atoms. The van der Waals surface area contributed by atoms with Crippen molar-refractivity contribution in [3.8, 4) is 5.75 Å². The number of aliphatic hydroxyl groups is 1. The molecule has 0 spiro atoms. The molecule has 1 aromatic carbocycles. The topological polar surface area (TPSA) is 140 Å². The van der Waals surface area contributed by atoms with Crippen LogP contribution in [0.3, 0.4) is 0 Å². The number of halogens is 3. The van der Waals surface area contributed by atoms with E-state index in [9.17, 15) is 18.0 Å². The maximum Gasteiger partial charge on any atom is 0.573 e. The van der Waals surface area contributed by atoms with E-state index in [1.807, 2.05) is 82.7 Å². The van der Waals surface area contributed by atoms with Gasteiger partial charge in [-0.3, -0.25) is 9.88 Å². The van der Waals surface area contributed by atoms with Gasteiger partial charge in [-0.2, -0.15) is 0 Å². The van der Waals surface area contributed by atoms with Gasteiger partial charge in [-0.15, -0.1) is 23.4 Å². The zero-order valence-electron chi connectivity index (χ0n) is 32.2. The fourth-order valence-corrected chi connectivity index (χ4v) is 4.24. The lowest BCUT2D eigenvalue weighted by Gasteiger charge is -2.34. The van der Waals surface area contributed by atoms with Crippen molar-refractivity contribution >= 4 is 29.8 Å². The van der Waals surface area contributed by atoms with Crippen LogP contribution in [0.4, 0.5) is 23.7 Å². The summed E-state index contributed by atoms with van der Waals surface area (Å²) in [7, 11) is 1.65. The van der Waals surface area contributed by atoms with Crippen LogP contribution in [0.2, 0.25) is 0 Å². The van der Waals surface area contributed by atoms with Crippen molar-refractivity contribution in [2.45, 2.75) is 72.4 Å². The molecule has 11 nitrogen and oxygen atoms in total. The van der Waals surface area contributed by atoms with Gasteiger partial charge in [-0.25, -0.2) is 4.79 Å². The molecule has 0 bridgehead atoms. The number of ether oxygens (including phenoxy) is 2. The van der Waals surface area contributed by atoms with Crippen molar-refractivity contribution in [3.05, 3.63) is 122 Å². The number of nitrogens with zero attached hydrogens (tertiary/aromatic N) is 3. The SMILES string of the molecule is C=C/C(C)=C\C.C=CC=C.CC/C=C\n1c(C2=CC=C(NC(=O)Nc3ccccc3OC(F)(F)F)C=CC2)nnc1C(C)C(C)(NCC)OC.O=CCO. The smallest absolute Gasteiger partial charge is 0.404 e. The number of methoxy groups -OCH3 is 1. The third-order valence-corrected chi connectivity index (χ3v) is 7.40. The summed E-state index contributed by atoms with van der Waals surface area (Å²) in [6.07, 6.45) is 15.0. The second-order valence-electron chi connectivity index (χ2n) is 11.2. The molecule has 1 aliphatic rings. The summed E-state index contributed by atoms with van der Waals surface area (Å²) < 4.78 is 49.8. The molecule has 2 atom stereocenters. The number of carbonyl (C=O) groups is 2. The summed E-state index contributed by atoms with van der Waals surface area (Å²) in [5.41, 5.74) is 1.74. The van der Waals surface area contributed by atoms with E-state index in [-0.39, 0.29) is 18.2 Å². The Bertz CT molecular complexity index is 1640. The molecular weight excluding hydrogens is 701 g/mol. The first-order valence-corrected chi connectivity index (χ1v) is 17.1. The number of rotatable bonds is 14. The Kier molecular flexibility index (Phi) is 23.9. The molecular formula is C40H55F3N6O5. The van der Waals surface area contributed by atoms with Crippen molar-refractivity contribution in [1.82, 2.24) is 25.4 Å². The molecule has 1 aliphatic carbocycles. The monoisotopic (exact) mass is 756 g/mol. The third kappa shape index (κ3) is 17.9. The van der Waals surface area contributed by atoms with Gasteiger partial charge >= 0.3 is 12.4 Å². The maximum absolute atomic E-state index is 12.7. The van der Waals surface area contributed by atoms with E-state index in [1.165, 1.54) is 23.8 Å². The van der Waals surface area contributed by atoms with Crippen LogP contribution in [0.15, 0.2) is 110 Å². The lowest BCUT2D eigenvalue weighted by Crippen LogP contribution is -2.48. The molecule has 0 saturated carbocycles. The van der Waals surface area contributed by atoms with E-state index in [4.69, 9.17) is 14.6 Å². The second-order valence-corrected chi connectivity index (χ2v) is 11.2. The lowest BCUT2D eigenvalue weighted by atomic mass is 9.98. The van der Waals surface area contributed by atoms with Crippen LogP contribution in [0, 0.1) is 0 Å². The largest absolute Gasteiger partial charge is 0.573 e. The average Bonchev–Trinajstić information content (AvgIpc) is 3.44. The Hall–Kier alpha value is -5.31. The van der Waals surface area contributed by atoms with E-state index >= 15 is 0 Å². The minimum Gasteiger partial charge on any atom is -0.404 e. The summed E-state index contributed by atoms with van der Waals surface area (Å²) in [4.78, 5) is 21.5. The fourth-order valence-electron chi connectivity index (χ4n) is 4.24. The molecule has 14 heteroatoms. The number of para-hydroxylation sites is 2. The minimum absolute atomic E-state index is 0.121. The number of aldehydes is 1.